The van der Waals surface area contributed by atoms with Gasteiger partial charge < -0.3 is 4.57 Å². The molecule has 0 aliphatic heterocycles. The summed E-state index contributed by atoms with van der Waals surface area (Å²) >= 11 is 1.31. The molecule has 1 aliphatic carbocycles. The zero-order valence-corrected chi connectivity index (χ0v) is 20.0. The number of hydrogen-bond acceptors (Lipinski definition) is 5. The maximum atomic E-state index is 13.7. The molecular weight excluding hydrogens is 489 g/mol. The van der Waals surface area contributed by atoms with Crippen LogP contribution in [0, 0.1) is 5.92 Å². The van der Waals surface area contributed by atoms with E-state index in [0.717, 1.165) is 52.4 Å². The summed E-state index contributed by atoms with van der Waals surface area (Å²) in [6.45, 7) is 0. The number of hydrogen-bond donors (Lipinski definition) is 0. The van der Waals surface area contributed by atoms with Gasteiger partial charge in [0.15, 0.2) is 0 Å². The first-order valence-corrected chi connectivity index (χ1v) is 12.3. The highest BCUT2D eigenvalue weighted by molar-refractivity contribution is 7.03. The minimum atomic E-state index is -4.58. The Morgan fingerprint density at radius 3 is 2.64 bits per heavy atom. The molecule has 0 spiro atoms. The second kappa shape index (κ2) is 8.44. The molecule has 0 amide bonds. The Labute approximate surface area is 207 Å². The third-order valence-corrected chi connectivity index (χ3v) is 7.52. The lowest BCUT2D eigenvalue weighted by Gasteiger charge is -2.33. The second-order valence-electron chi connectivity index (χ2n) is 9.12. The minimum absolute atomic E-state index is 0.0675. The molecule has 7 nitrogen and oxygen atoms in total. The number of aromatic nitrogens is 6. The van der Waals surface area contributed by atoms with E-state index in [-0.39, 0.29) is 11.4 Å². The summed E-state index contributed by atoms with van der Waals surface area (Å²) < 4.78 is 49.7. The summed E-state index contributed by atoms with van der Waals surface area (Å²) in [5, 5.41) is 10.3. The van der Waals surface area contributed by atoms with Gasteiger partial charge in [-0.2, -0.15) is 17.5 Å². The molecule has 11 heteroatoms. The first-order chi connectivity index (χ1) is 17.3. The number of fused-ring (bicyclic) bond motifs is 1. The monoisotopic (exact) mass is 510 g/mol. The van der Waals surface area contributed by atoms with Crippen molar-refractivity contribution in [3.05, 3.63) is 87.9 Å². The van der Waals surface area contributed by atoms with Crippen molar-refractivity contribution >= 4 is 17.0 Å². The first kappa shape index (κ1) is 22.7. The van der Waals surface area contributed by atoms with Gasteiger partial charge in [-0.3, -0.25) is 8.97 Å². The Bertz CT molecular complexity index is 1610. The molecule has 1 aromatic carbocycles. The highest BCUT2D eigenvalue weighted by Gasteiger charge is 2.35. The number of pyridine rings is 1. The van der Waals surface area contributed by atoms with E-state index in [1.54, 1.807) is 12.4 Å². The van der Waals surface area contributed by atoms with Gasteiger partial charge in [0, 0.05) is 36.3 Å². The Morgan fingerprint density at radius 2 is 2.00 bits per heavy atom. The number of benzene rings is 1. The van der Waals surface area contributed by atoms with Crippen molar-refractivity contribution in [2.75, 3.05) is 0 Å². The summed E-state index contributed by atoms with van der Waals surface area (Å²) in [7, 11) is 1.90. The van der Waals surface area contributed by atoms with Gasteiger partial charge in [-0.05, 0) is 72.3 Å². The van der Waals surface area contributed by atoms with Gasteiger partial charge in [-0.15, -0.1) is 10.2 Å². The van der Waals surface area contributed by atoms with Gasteiger partial charge in [-0.25, -0.2) is 4.79 Å². The average molecular weight is 511 g/mol. The molecule has 36 heavy (non-hydrogen) atoms. The van der Waals surface area contributed by atoms with Crippen LogP contribution in [0.5, 0.6) is 0 Å². The maximum absolute atomic E-state index is 13.7. The normalized spacial score (nSPS) is 15.3. The number of imidazole rings is 1. The van der Waals surface area contributed by atoms with Crippen LogP contribution >= 0.6 is 11.5 Å². The van der Waals surface area contributed by atoms with Crippen molar-refractivity contribution < 1.29 is 13.2 Å². The van der Waals surface area contributed by atoms with Crippen LogP contribution in [0.4, 0.5) is 13.2 Å². The van der Waals surface area contributed by atoms with E-state index in [1.807, 2.05) is 35.2 Å². The van der Waals surface area contributed by atoms with Gasteiger partial charge in [0.25, 0.3) is 0 Å². The minimum Gasteiger partial charge on any atom is -0.320 e. The molecule has 1 aliphatic rings. The Hall–Kier alpha value is -3.73. The molecule has 0 radical (unpaired) electrons. The van der Waals surface area contributed by atoms with Crippen molar-refractivity contribution in [2.24, 2.45) is 13.0 Å². The Balaban J connectivity index is 1.59. The van der Waals surface area contributed by atoms with Crippen molar-refractivity contribution in [1.29, 1.82) is 0 Å². The summed E-state index contributed by atoms with van der Waals surface area (Å²) in [6.07, 6.45) is 2.90. The zero-order chi connectivity index (χ0) is 25.0. The van der Waals surface area contributed by atoms with E-state index >= 15 is 0 Å². The van der Waals surface area contributed by atoms with Gasteiger partial charge in [-0.1, -0.05) is 6.42 Å². The molecule has 0 saturated heterocycles. The van der Waals surface area contributed by atoms with Crippen LogP contribution in [-0.2, 0) is 13.2 Å². The maximum Gasteiger partial charge on any atom is 0.418 e. The topological polar surface area (TPSA) is 70.0 Å². The smallest absolute Gasteiger partial charge is 0.320 e. The molecule has 1 fully saturated rings. The highest BCUT2D eigenvalue weighted by Crippen LogP contribution is 2.44. The number of nitrogens with zero attached hydrogens (tertiary/aromatic N) is 6. The molecule has 0 bridgehead atoms. The first-order valence-electron chi connectivity index (χ1n) is 11.5. The standard InChI is InChI=1S/C25H21F3N6OS/c1-32-14-29-30-23(32)22(15-4-2-5-15)17-10-16(20-7-9-36-31-20)11-18(12-17)34-13-21-19(25(26,27)28)6-3-8-33(21)24(34)35/h3,6-15,22H,2,4-5H2,1H3/t22-/m1/s1. The van der Waals surface area contributed by atoms with Crippen LogP contribution in [0.25, 0.3) is 22.5 Å². The Kier molecular flexibility index (Phi) is 5.32. The number of aryl methyl sites for hydroxylation is 1. The lowest BCUT2D eigenvalue weighted by atomic mass is 9.72. The molecule has 0 unspecified atom stereocenters. The quantitative estimate of drug-likeness (QED) is 0.322. The fraction of sp³-hybridized carbons (Fsp3) is 0.280. The van der Waals surface area contributed by atoms with Gasteiger partial charge in [0.05, 0.1) is 22.5 Å². The van der Waals surface area contributed by atoms with Crippen LogP contribution in [0.2, 0.25) is 0 Å². The summed E-state index contributed by atoms with van der Waals surface area (Å²) in [6, 6.07) is 9.81. The van der Waals surface area contributed by atoms with Crippen LogP contribution in [0.1, 0.15) is 42.1 Å². The zero-order valence-electron chi connectivity index (χ0n) is 19.2. The average Bonchev–Trinajstić information content (AvgIpc) is 3.56. The van der Waals surface area contributed by atoms with Crippen molar-refractivity contribution in [3.63, 3.8) is 0 Å². The lowest BCUT2D eigenvalue weighted by Crippen LogP contribution is -2.24. The van der Waals surface area contributed by atoms with Crippen LogP contribution in [0.3, 0.4) is 0 Å². The molecule has 6 rings (SSSR count). The lowest BCUT2D eigenvalue weighted by molar-refractivity contribution is -0.136. The van der Waals surface area contributed by atoms with Crippen LogP contribution < -0.4 is 5.69 Å². The predicted octanol–water partition coefficient (Wildman–Crippen LogP) is 5.29. The second-order valence-corrected chi connectivity index (χ2v) is 9.79. The van der Waals surface area contributed by atoms with Gasteiger partial charge >= 0.3 is 11.9 Å². The number of alkyl halides is 3. The van der Waals surface area contributed by atoms with Crippen molar-refractivity contribution in [1.82, 2.24) is 28.1 Å². The summed E-state index contributed by atoms with van der Waals surface area (Å²) in [5.41, 5.74) is 1.30. The molecule has 4 aromatic heterocycles. The fourth-order valence-corrected chi connectivity index (χ4v) is 5.51. The SMILES string of the molecule is Cn1cnnc1[C@@H](c1cc(-c2ccsn2)cc(-n2cc3c(C(F)(F)F)cccn3c2=O)c1)C1CCC1. The van der Waals surface area contributed by atoms with Gasteiger partial charge in [0.2, 0.25) is 0 Å². The van der Waals surface area contributed by atoms with Gasteiger partial charge in [0.1, 0.15) is 12.2 Å². The third-order valence-electron chi connectivity index (χ3n) is 6.96. The molecule has 0 N–H and O–H groups in total. The van der Waals surface area contributed by atoms with E-state index < -0.39 is 17.4 Å². The molecule has 5 aromatic rings. The van der Waals surface area contributed by atoms with Crippen LogP contribution in [0.15, 0.2) is 65.3 Å². The molecule has 1 saturated carbocycles. The van der Waals surface area contributed by atoms with E-state index in [0.29, 0.717) is 11.6 Å². The number of rotatable bonds is 5. The van der Waals surface area contributed by atoms with E-state index in [1.165, 1.54) is 34.6 Å². The van der Waals surface area contributed by atoms with E-state index in [2.05, 4.69) is 14.6 Å². The molecular formula is C25H21F3N6OS. The molecule has 184 valence electrons. The predicted molar refractivity (Wildman–Crippen MR) is 129 cm³/mol. The summed E-state index contributed by atoms with van der Waals surface area (Å²) in [4.78, 5) is 13.3. The highest BCUT2D eigenvalue weighted by atomic mass is 32.1. The number of halogens is 3. The molecule has 1 atom stereocenters. The largest absolute Gasteiger partial charge is 0.418 e. The summed E-state index contributed by atoms with van der Waals surface area (Å²) in [5.74, 6) is 1.10. The fourth-order valence-electron chi connectivity index (χ4n) is 4.98. The van der Waals surface area contributed by atoms with E-state index in [9.17, 15) is 18.0 Å². The van der Waals surface area contributed by atoms with Crippen molar-refractivity contribution in [2.45, 2.75) is 31.4 Å². The third kappa shape index (κ3) is 3.74. The van der Waals surface area contributed by atoms with E-state index in [4.69, 9.17) is 0 Å². The Morgan fingerprint density at radius 1 is 1.17 bits per heavy atom. The van der Waals surface area contributed by atoms with Crippen LogP contribution in [-0.4, -0.2) is 28.1 Å². The van der Waals surface area contributed by atoms with Crippen molar-refractivity contribution in [3.8, 4) is 16.9 Å². The molecule has 4 heterocycles.